The Balaban J connectivity index is 2.51. The molecule has 1 aliphatic heterocycles. The maximum atomic E-state index is 12.1. The molecule has 1 aromatic heterocycles. The van der Waals surface area contributed by atoms with Gasteiger partial charge in [0.15, 0.2) is 0 Å². The fourth-order valence-electron chi connectivity index (χ4n) is 2.37. The van der Waals surface area contributed by atoms with Crippen molar-refractivity contribution < 1.29 is 14.9 Å². The summed E-state index contributed by atoms with van der Waals surface area (Å²) >= 11 is 0. The average molecular weight is 297 g/mol. The van der Waals surface area contributed by atoms with E-state index in [2.05, 4.69) is 16.9 Å². The molecule has 0 unspecified atom stereocenters. The van der Waals surface area contributed by atoms with E-state index < -0.39 is 29.3 Å². The van der Waals surface area contributed by atoms with Gasteiger partial charge in [0, 0.05) is 24.7 Å². The third-order valence-electron chi connectivity index (χ3n) is 3.47. The monoisotopic (exact) mass is 297 g/mol. The highest BCUT2D eigenvalue weighted by molar-refractivity contribution is 5.04. The van der Waals surface area contributed by atoms with Gasteiger partial charge in [-0.2, -0.15) is 0 Å². The highest BCUT2D eigenvalue weighted by Gasteiger charge is 2.47. The van der Waals surface area contributed by atoms with E-state index in [1.54, 1.807) is 13.0 Å². The van der Waals surface area contributed by atoms with Crippen molar-refractivity contribution in [2.75, 3.05) is 13.2 Å². The number of nitrogens with zero attached hydrogens (tertiary/aromatic N) is 1. The van der Waals surface area contributed by atoms with Crippen LogP contribution in [-0.2, 0) is 10.6 Å². The molecular weight excluding hydrogens is 278 g/mol. The minimum atomic E-state index is -1.34. The lowest BCUT2D eigenvalue weighted by Crippen LogP contribution is -2.54. The summed E-state index contributed by atoms with van der Waals surface area (Å²) < 4.78 is 6.84. The SMILES string of the molecule is C=CCN[C@]1(n2cc(C)c(=O)[nH]c2=O)C[C@H](O)[C@@H](CO)O1. The lowest BCUT2D eigenvalue weighted by molar-refractivity contribution is -0.138. The van der Waals surface area contributed by atoms with Crippen molar-refractivity contribution in [1.29, 1.82) is 0 Å². The molecule has 21 heavy (non-hydrogen) atoms. The Bertz CT molecular complexity index is 637. The van der Waals surface area contributed by atoms with Crippen molar-refractivity contribution in [2.45, 2.75) is 31.4 Å². The predicted octanol–water partition coefficient (Wildman–Crippen LogP) is -1.63. The van der Waals surface area contributed by atoms with Crippen molar-refractivity contribution in [3.8, 4) is 0 Å². The Hall–Kier alpha value is -1.74. The molecule has 8 nitrogen and oxygen atoms in total. The summed E-state index contributed by atoms with van der Waals surface area (Å²) in [6, 6.07) is 0. The number of hydrogen-bond acceptors (Lipinski definition) is 6. The summed E-state index contributed by atoms with van der Waals surface area (Å²) in [6.45, 7) is 5.08. The first-order chi connectivity index (χ1) is 9.93. The molecule has 1 fully saturated rings. The second-order valence-corrected chi connectivity index (χ2v) is 5.01. The quantitative estimate of drug-likeness (QED) is 0.485. The molecule has 3 atom stereocenters. The first kappa shape index (κ1) is 15.6. The number of aryl methyl sites for hydroxylation is 1. The van der Waals surface area contributed by atoms with Crippen molar-refractivity contribution in [3.05, 3.63) is 45.3 Å². The number of rotatable bonds is 5. The van der Waals surface area contributed by atoms with Crippen LogP contribution < -0.4 is 16.6 Å². The van der Waals surface area contributed by atoms with Gasteiger partial charge in [0.25, 0.3) is 5.56 Å². The van der Waals surface area contributed by atoms with Crippen LogP contribution in [0.4, 0.5) is 0 Å². The van der Waals surface area contributed by atoms with Gasteiger partial charge in [0.1, 0.15) is 6.10 Å². The van der Waals surface area contributed by atoms with Crippen LogP contribution in [0.2, 0.25) is 0 Å². The smallest absolute Gasteiger partial charge is 0.331 e. The van der Waals surface area contributed by atoms with Crippen molar-refractivity contribution >= 4 is 0 Å². The number of aromatic nitrogens is 2. The Kier molecular flexibility index (Phi) is 4.43. The topological polar surface area (TPSA) is 117 Å². The normalized spacial score (nSPS) is 28.7. The predicted molar refractivity (Wildman–Crippen MR) is 74.8 cm³/mol. The first-order valence-corrected chi connectivity index (χ1v) is 6.59. The number of hydrogen-bond donors (Lipinski definition) is 4. The number of aliphatic hydroxyl groups excluding tert-OH is 2. The molecule has 1 saturated heterocycles. The fraction of sp³-hybridized carbons (Fsp3) is 0.538. The van der Waals surface area contributed by atoms with Gasteiger partial charge in [-0.1, -0.05) is 6.08 Å². The van der Waals surface area contributed by atoms with Crippen LogP contribution in [0.3, 0.4) is 0 Å². The molecule has 1 aromatic rings. The van der Waals surface area contributed by atoms with Crippen LogP contribution in [-0.4, -0.2) is 45.1 Å². The molecule has 0 saturated carbocycles. The molecule has 0 amide bonds. The summed E-state index contributed by atoms with van der Waals surface area (Å²) in [5, 5.41) is 22.2. The zero-order chi connectivity index (χ0) is 15.6. The molecule has 0 spiro atoms. The number of aliphatic hydroxyl groups is 2. The molecular formula is C13H19N3O5. The van der Waals surface area contributed by atoms with E-state index in [-0.39, 0.29) is 13.0 Å². The van der Waals surface area contributed by atoms with Gasteiger partial charge >= 0.3 is 5.69 Å². The van der Waals surface area contributed by atoms with Crippen molar-refractivity contribution in [3.63, 3.8) is 0 Å². The average Bonchev–Trinajstić information content (AvgIpc) is 2.78. The van der Waals surface area contributed by atoms with Crippen molar-refractivity contribution in [1.82, 2.24) is 14.9 Å². The third-order valence-corrected chi connectivity index (χ3v) is 3.47. The second kappa shape index (κ2) is 5.94. The van der Waals surface area contributed by atoms with Gasteiger partial charge in [-0.05, 0) is 6.92 Å². The molecule has 4 N–H and O–H groups in total. The molecule has 1 aliphatic rings. The summed E-state index contributed by atoms with van der Waals surface area (Å²) in [6.07, 6.45) is 1.24. The summed E-state index contributed by atoms with van der Waals surface area (Å²) in [5.41, 5.74) is -0.805. The Morgan fingerprint density at radius 2 is 2.38 bits per heavy atom. The van der Waals surface area contributed by atoms with Gasteiger partial charge in [-0.3, -0.25) is 19.7 Å². The van der Waals surface area contributed by atoms with Crippen LogP contribution in [0, 0.1) is 6.92 Å². The zero-order valence-corrected chi connectivity index (χ0v) is 11.7. The minimum absolute atomic E-state index is 0.0530. The lowest BCUT2D eigenvalue weighted by Gasteiger charge is -2.31. The van der Waals surface area contributed by atoms with E-state index in [1.807, 2.05) is 0 Å². The minimum Gasteiger partial charge on any atom is -0.394 e. The molecule has 0 aliphatic carbocycles. The standard InChI is InChI=1S/C13H19N3O5/c1-3-4-14-13(5-9(18)10(7-17)21-13)16-6-8(2)11(19)15-12(16)20/h3,6,9-10,14,17-18H,1,4-5,7H2,2H3,(H,15,19,20)/t9-,10+,13-/m0/s1. The lowest BCUT2D eigenvalue weighted by atomic mass is 10.1. The molecule has 0 radical (unpaired) electrons. The Labute approximate surface area is 120 Å². The van der Waals surface area contributed by atoms with E-state index in [4.69, 9.17) is 4.74 Å². The number of H-pyrrole nitrogens is 1. The van der Waals surface area contributed by atoms with E-state index in [1.165, 1.54) is 10.8 Å². The van der Waals surface area contributed by atoms with Gasteiger partial charge < -0.3 is 14.9 Å². The van der Waals surface area contributed by atoms with Crippen molar-refractivity contribution in [2.24, 2.45) is 0 Å². The van der Waals surface area contributed by atoms with Gasteiger partial charge in [-0.25, -0.2) is 4.79 Å². The molecule has 8 heteroatoms. The van der Waals surface area contributed by atoms with Crippen LogP contribution >= 0.6 is 0 Å². The Morgan fingerprint density at radius 3 is 2.95 bits per heavy atom. The second-order valence-electron chi connectivity index (χ2n) is 5.01. The largest absolute Gasteiger partial charge is 0.394 e. The van der Waals surface area contributed by atoms with E-state index in [9.17, 15) is 19.8 Å². The number of ether oxygens (including phenoxy) is 1. The highest BCUT2D eigenvalue weighted by Crippen LogP contribution is 2.31. The van der Waals surface area contributed by atoms with Crippen LogP contribution in [0.1, 0.15) is 12.0 Å². The molecule has 2 heterocycles. The van der Waals surface area contributed by atoms with E-state index in [0.717, 1.165) is 0 Å². The van der Waals surface area contributed by atoms with Crippen LogP contribution in [0.25, 0.3) is 0 Å². The molecule has 0 aromatic carbocycles. The molecule has 2 rings (SSSR count). The zero-order valence-electron chi connectivity index (χ0n) is 11.7. The van der Waals surface area contributed by atoms with Gasteiger partial charge in [0.05, 0.1) is 12.7 Å². The maximum absolute atomic E-state index is 12.1. The molecule has 116 valence electrons. The van der Waals surface area contributed by atoms with Crippen LogP contribution in [0.5, 0.6) is 0 Å². The summed E-state index contributed by atoms with van der Waals surface area (Å²) in [7, 11) is 0. The molecule has 0 bridgehead atoms. The van der Waals surface area contributed by atoms with E-state index in [0.29, 0.717) is 12.1 Å². The Morgan fingerprint density at radius 1 is 1.67 bits per heavy atom. The fourth-order valence-corrected chi connectivity index (χ4v) is 2.37. The van der Waals surface area contributed by atoms with Gasteiger partial charge in [0.2, 0.25) is 5.85 Å². The first-order valence-electron chi connectivity index (χ1n) is 6.59. The summed E-state index contributed by atoms with van der Waals surface area (Å²) in [4.78, 5) is 25.7. The van der Waals surface area contributed by atoms with Gasteiger partial charge in [-0.15, -0.1) is 6.58 Å². The highest BCUT2D eigenvalue weighted by atomic mass is 16.6. The van der Waals surface area contributed by atoms with Crippen LogP contribution in [0.15, 0.2) is 28.4 Å². The third kappa shape index (κ3) is 2.84. The summed E-state index contributed by atoms with van der Waals surface area (Å²) in [5.74, 6) is -1.34. The van der Waals surface area contributed by atoms with E-state index >= 15 is 0 Å². The number of nitrogens with one attached hydrogen (secondary N) is 2. The maximum Gasteiger partial charge on any atom is 0.331 e. The number of aromatic amines is 1.